The third kappa shape index (κ3) is 4.37. The van der Waals surface area contributed by atoms with Gasteiger partial charge in [-0.15, -0.1) is 0 Å². The van der Waals surface area contributed by atoms with Gasteiger partial charge < -0.3 is 10.6 Å². The fraction of sp³-hybridized carbons (Fsp3) is 0.533. The molecule has 3 nitrogen and oxygen atoms in total. The van der Waals surface area contributed by atoms with E-state index in [1.807, 2.05) is 11.8 Å². The number of alkyl halides is 3. The Morgan fingerprint density at radius 2 is 1.95 bits per heavy atom. The summed E-state index contributed by atoms with van der Waals surface area (Å²) in [5.74, 6) is -0.175. The zero-order valence-electron chi connectivity index (χ0n) is 12.6. The highest BCUT2D eigenvalue weighted by Crippen LogP contribution is 2.34. The molecule has 0 heterocycles. The number of nitrogens with zero attached hydrogens (tertiary/aromatic N) is 1. The number of nitrogen functional groups attached to an aromatic ring is 1. The molecule has 0 saturated heterocycles. The summed E-state index contributed by atoms with van der Waals surface area (Å²) >= 11 is 0. The average molecular weight is 301 g/mol. The lowest BCUT2D eigenvalue weighted by molar-refractivity contribution is -0.137. The highest BCUT2D eigenvalue weighted by Gasteiger charge is 2.34. The number of hydrogen-bond acceptors (Lipinski definition) is 2. The Morgan fingerprint density at radius 1 is 1.33 bits per heavy atom. The van der Waals surface area contributed by atoms with Gasteiger partial charge in [-0.05, 0) is 31.0 Å². The molecule has 1 aromatic carbocycles. The molecule has 0 saturated carbocycles. The number of hydrogen-bond donors (Lipinski definition) is 2. The van der Waals surface area contributed by atoms with Crippen LogP contribution in [0, 0.1) is 11.3 Å². The van der Waals surface area contributed by atoms with E-state index >= 15 is 0 Å². The SMILES string of the molecule is CCC(C)CN(CC)c1ccc(C(=N)N)c(C(F)(F)F)c1. The van der Waals surface area contributed by atoms with Crippen molar-refractivity contribution in [2.75, 3.05) is 18.0 Å². The molecule has 1 unspecified atom stereocenters. The van der Waals surface area contributed by atoms with Gasteiger partial charge in [0.25, 0.3) is 0 Å². The van der Waals surface area contributed by atoms with Gasteiger partial charge in [0.1, 0.15) is 5.84 Å². The average Bonchev–Trinajstić information content (AvgIpc) is 2.42. The van der Waals surface area contributed by atoms with E-state index in [9.17, 15) is 13.2 Å². The first-order valence-corrected chi connectivity index (χ1v) is 7.01. The Morgan fingerprint density at radius 3 is 2.38 bits per heavy atom. The van der Waals surface area contributed by atoms with E-state index in [0.29, 0.717) is 24.7 Å². The van der Waals surface area contributed by atoms with Crippen molar-refractivity contribution in [2.24, 2.45) is 11.7 Å². The van der Waals surface area contributed by atoms with Crippen LogP contribution in [0.15, 0.2) is 18.2 Å². The fourth-order valence-electron chi connectivity index (χ4n) is 2.12. The van der Waals surface area contributed by atoms with Gasteiger partial charge in [0.05, 0.1) is 5.56 Å². The van der Waals surface area contributed by atoms with Crippen molar-refractivity contribution >= 4 is 11.5 Å². The van der Waals surface area contributed by atoms with Crippen LogP contribution in [0.25, 0.3) is 0 Å². The number of anilines is 1. The first kappa shape index (κ1) is 17.3. The van der Waals surface area contributed by atoms with E-state index in [1.54, 1.807) is 6.07 Å². The van der Waals surface area contributed by atoms with E-state index < -0.39 is 17.6 Å². The molecule has 118 valence electrons. The van der Waals surface area contributed by atoms with Gasteiger partial charge >= 0.3 is 6.18 Å². The zero-order chi connectivity index (χ0) is 16.2. The van der Waals surface area contributed by atoms with Gasteiger partial charge in [-0.1, -0.05) is 20.3 Å². The third-order valence-corrected chi connectivity index (χ3v) is 3.57. The molecule has 1 atom stereocenters. The van der Waals surface area contributed by atoms with Crippen LogP contribution in [-0.4, -0.2) is 18.9 Å². The summed E-state index contributed by atoms with van der Waals surface area (Å²) in [6.45, 7) is 7.36. The van der Waals surface area contributed by atoms with Crippen LogP contribution in [0.2, 0.25) is 0 Å². The third-order valence-electron chi connectivity index (χ3n) is 3.57. The molecule has 0 bridgehead atoms. The van der Waals surface area contributed by atoms with Crippen molar-refractivity contribution < 1.29 is 13.2 Å². The molecular weight excluding hydrogens is 279 g/mol. The molecule has 1 aromatic rings. The normalized spacial score (nSPS) is 13.0. The number of amidine groups is 1. The highest BCUT2D eigenvalue weighted by molar-refractivity contribution is 5.97. The molecule has 21 heavy (non-hydrogen) atoms. The second-order valence-electron chi connectivity index (χ2n) is 5.19. The standard InChI is InChI=1S/C15H22F3N3/c1-4-10(3)9-21(5-2)11-6-7-12(14(19)20)13(8-11)15(16,17)18/h6-8,10H,4-5,9H2,1-3H3,(H3,19,20). The van der Waals surface area contributed by atoms with Gasteiger partial charge in [0, 0.05) is 24.3 Å². The Balaban J connectivity index is 3.23. The van der Waals surface area contributed by atoms with Crippen LogP contribution < -0.4 is 10.6 Å². The smallest absolute Gasteiger partial charge is 0.384 e. The molecule has 3 N–H and O–H groups in total. The van der Waals surface area contributed by atoms with Crippen molar-refractivity contribution in [3.63, 3.8) is 0 Å². The van der Waals surface area contributed by atoms with E-state index in [-0.39, 0.29) is 5.56 Å². The summed E-state index contributed by atoms with van der Waals surface area (Å²) in [4.78, 5) is 1.91. The number of nitrogens with one attached hydrogen (secondary N) is 1. The molecule has 6 heteroatoms. The van der Waals surface area contributed by atoms with Crippen LogP contribution in [-0.2, 0) is 6.18 Å². The summed E-state index contributed by atoms with van der Waals surface area (Å²) in [5, 5.41) is 7.29. The predicted octanol–water partition coefficient (Wildman–Crippen LogP) is 3.86. The monoisotopic (exact) mass is 301 g/mol. The summed E-state index contributed by atoms with van der Waals surface area (Å²) in [6, 6.07) is 3.96. The van der Waals surface area contributed by atoms with E-state index in [1.165, 1.54) is 6.07 Å². The minimum atomic E-state index is -4.52. The highest BCUT2D eigenvalue weighted by atomic mass is 19.4. The van der Waals surface area contributed by atoms with E-state index in [2.05, 4.69) is 13.8 Å². The Bertz CT molecular complexity index is 497. The van der Waals surface area contributed by atoms with Crippen molar-refractivity contribution in [3.8, 4) is 0 Å². The number of nitrogens with two attached hydrogens (primary N) is 1. The van der Waals surface area contributed by atoms with E-state index in [4.69, 9.17) is 11.1 Å². The fourth-order valence-corrected chi connectivity index (χ4v) is 2.12. The van der Waals surface area contributed by atoms with Crippen LogP contribution in [0.5, 0.6) is 0 Å². The zero-order valence-corrected chi connectivity index (χ0v) is 12.6. The molecule has 0 amide bonds. The Kier molecular flexibility index (Phi) is 5.63. The maximum atomic E-state index is 13.1. The number of halogens is 3. The number of benzene rings is 1. The molecular formula is C15H22F3N3. The second-order valence-corrected chi connectivity index (χ2v) is 5.19. The van der Waals surface area contributed by atoms with Gasteiger partial charge in [-0.3, -0.25) is 5.41 Å². The van der Waals surface area contributed by atoms with Crippen LogP contribution in [0.4, 0.5) is 18.9 Å². The first-order chi connectivity index (χ1) is 9.70. The van der Waals surface area contributed by atoms with Crippen molar-refractivity contribution in [3.05, 3.63) is 29.3 Å². The first-order valence-electron chi connectivity index (χ1n) is 7.01. The van der Waals surface area contributed by atoms with Gasteiger partial charge in [0.2, 0.25) is 0 Å². The Hall–Kier alpha value is -1.72. The molecule has 1 rings (SSSR count). The topological polar surface area (TPSA) is 53.1 Å². The molecule has 0 fully saturated rings. The van der Waals surface area contributed by atoms with Gasteiger partial charge in [-0.2, -0.15) is 13.2 Å². The molecule has 0 spiro atoms. The quantitative estimate of drug-likeness (QED) is 0.619. The van der Waals surface area contributed by atoms with Gasteiger partial charge in [0.15, 0.2) is 0 Å². The summed E-state index contributed by atoms with van der Waals surface area (Å²) in [6.07, 6.45) is -3.55. The number of rotatable bonds is 6. The lowest BCUT2D eigenvalue weighted by Crippen LogP contribution is -2.29. The van der Waals surface area contributed by atoms with Crippen LogP contribution in [0.3, 0.4) is 0 Å². The van der Waals surface area contributed by atoms with Crippen LogP contribution >= 0.6 is 0 Å². The van der Waals surface area contributed by atoms with Crippen molar-refractivity contribution in [2.45, 2.75) is 33.4 Å². The summed E-state index contributed by atoms with van der Waals surface area (Å²) in [5.41, 5.74) is 4.63. The summed E-state index contributed by atoms with van der Waals surface area (Å²) < 4.78 is 39.3. The second kappa shape index (κ2) is 6.83. The van der Waals surface area contributed by atoms with E-state index in [0.717, 1.165) is 12.5 Å². The van der Waals surface area contributed by atoms with Crippen molar-refractivity contribution in [1.82, 2.24) is 0 Å². The van der Waals surface area contributed by atoms with Crippen LogP contribution in [0.1, 0.15) is 38.3 Å². The lowest BCUT2D eigenvalue weighted by atomic mass is 10.0. The van der Waals surface area contributed by atoms with Crippen molar-refractivity contribution in [1.29, 1.82) is 5.41 Å². The minimum Gasteiger partial charge on any atom is -0.384 e. The maximum Gasteiger partial charge on any atom is 0.417 e. The largest absolute Gasteiger partial charge is 0.417 e. The molecule has 0 aromatic heterocycles. The lowest BCUT2D eigenvalue weighted by Gasteiger charge is -2.27. The molecule has 0 aliphatic heterocycles. The Labute approximate surface area is 123 Å². The minimum absolute atomic E-state index is 0.272. The molecule has 0 radical (unpaired) electrons. The molecule has 0 aliphatic carbocycles. The summed E-state index contributed by atoms with van der Waals surface area (Å²) in [7, 11) is 0. The predicted molar refractivity (Wildman–Crippen MR) is 79.8 cm³/mol. The van der Waals surface area contributed by atoms with Gasteiger partial charge in [-0.25, -0.2) is 0 Å². The maximum absolute atomic E-state index is 13.1. The molecule has 0 aliphatic rings.